The zero-order valence-electron chi connectivity index (χ0n) is 5.83. The predicted molar refractivity (Wildman–Crippen MR) is 48.1 cm³/mol. The van der Waals surface area contributed by atoms with E-state index in [0.29, 0.717) is 5.69 Å². The molecule has 0 saturated carbocycles. The summed E-state index contributed by atoms with van der Waals surface area (Å²) in [6, 6.07) is 2.89. The van der Waals surface area contributed by atoms with Crippen LogP contribution in [0.1, 0.15) is 5.69 Å². The van der Waals surface area contributed by atoms with Crippen molar-refractivity contribution in [1.82, 2.24) is 4.98 Å². The topological polar surface area (TPSA) is 56.0 Å². The Bertz CT molecular complexity index is 318. The summed E-state index contributed by atoms with van der Waals surface area (Å²) in [5, 5.41) is 10.3. The molecule has 0 fully saturated rings. The van der Waals surface area contributed by atoms with Crippen LogP contribution in [0.15, 0.2) is 16.7 Å². The van der Waals surface area contributed by atoms with Gasteiger partial charge in [-0.1, -0.05) is 0 Å². The van der Waals surface area contributed by atoms with E-state index in [4.69, 9.17) is 11.6 Å². The molecule has 12 heavy (non-hydrogen) atoms. The highest BCUT2D eigenvalue weighted by atomic mass is 79.9. The van der Waals surface area contributed by atoms with Gasteiger partial charge in [-0.2, -0.15) is 0 Å². The molecule has 0 aromatic carbocycles. The highest BCUT2D eigenvalue weighted by molar-refractivity contribution is 9.10. The van der Waals surface area contributed by atoms with Gasteiger partial charge in [0.25, 0.3) is 0 Å². The van der Waals surface area contributed by atoms with Gasteiger partial charge in [-0.3, -0.25) is 10.1 Å². The van der Waals surface area contributed by atoms with Crippen LogP contribution in [-0.4, -0.2) is 9.91 Å². The molecule has 64 valence electrons. The van der Waals surface area contributed by atoms with E-state index < -0.39 is 4.92 Å². The van der Waals surface area contributed by atoms with Gasteiger partial charge in [0.1, 0.15) is 0 Å². The third kappa shape index (κ3) is 1.92. The summed E-state index contributed by atoms with van der Waals surface area (Å²) in [6.07, 6.45) is 0. The molecule has 0 N–H and O–H groups in total. The normalized spacial score (nSPS) is 9.83. The van der Waals surface area contributed by atoms with E-state index in [-0.39, 0.29) is 16.2 Å². The van der Waals surface area contributed by atoms with Crippen molar-refractivity contribution in [2.75, 3.05) is 0 Å². The van der Waals surface area contributed by atoms with Crippen LogP contribution in [0, 0.1) is 10.1 Å². The molecule has 1 heterocycles. The second-order valence-electron chi connectivity index (χ2n) is 2.00. The molecule has 6 heteroatoms. The molecule has 0 unspecified atom stereocenters. The van der Waals surface area contributed by atoms with Crippen LogP contribution in [0.3, 0.4) is 0 Å². The van der Waals surface area contributed by atoms with E-state index in [1.165, 1.54) is 12.1 Å². The number of hydrogen-bond acceptors (Lipinski definition) is 3. The van der Waals surface area contributed by atoms with Crippen LogP contribution in [0.5, 0.6) is 0 Å². The quantitative estimate of drug-likeness (QED) is 0.351. The van der Waals surface area contributed by atoms with E-state index in [1.807, 2.05) is 0 Å². The van der Waals surface area contributed by atoms with Gasteiger partial charge >= 0.3 is 5.69 Å². The first-order valence-electron chi connectivity index (χ1n) is 3.01. The van der Waals surface area contributed by atoms with Crippen LogP contribution >= 0.6 is 27.5 Å². The molecule has 0 aliphatic heterocycles. The number of nitrogens with zero attached hydrogens (tertiary/aromatic N) is 2. The zero-order chi connectivity index (χ0) is 9.14. The number of rotatable bonds is 2. The first-order chi connectivity index (χ1) is 5.65. The lowest BCUT2D eigenvalue weighted by atomic mass is 10.3. The predicted octanol–water partition coefficient (Wildman–Crippen LogP) is 2.49. The molecule has 0 aliphatic carbocycles. The van der Waals surface area contributed by atoms with Crippen molar-refractivity contribution in [3.05, 3.63) is 32.5 Å². The SMILES string of the molecule is O=[N+]([O-])c1ccc(CCl)nc1Br. The smallest absolute Gasteiger partial charge is 0.258 e. The monoisotopic (exact) mass is 250 g/mol. The van der Waals surface area contributed by atoms with E-state index in [0.717, 1.165) is 0 Å². The molecule has 1 aromatic heterocycles. The number of halogens is 2. The Morgan fingerprint density at radius 1 is 1.67 bits per heavy atom. The fraction of sp³-hybridized carbons (Fsp3) is 0.167. The Labute approximate surface area is 81.8 Å². The van der Waals surface area contributed by atoms with Gasteiger partial charge in [0.05, 0.1) is 16.5 Å². The fourth-order valence-electron chi connectivity index (χ4n) is 0.675. The van der Waals surface area contributed by atoms with Gasteiger partial charge in [0, 0.05) is 6.07 Å². The number of pyridine rings is 1. The summed E-state index contributed by atoms with van der Waals surface area (Å²) >= 11 is 8.45. The molecule has 0 saturated heterocycles. The Kier molecular flexibility index (Phi) is 2.99. The van der Waals surface area contributed by atoms with Gasteiger partial charge in [-0.05, 0) is 22.0 Å². The minimum atomic E-state index is -0.505. The van der Waals surface area contributed by atoms with Crippen molar-refractivity contribution in [3.63, 3.8) is 0 Å². The molecule has 0 spiro atoms. The summed E-state index contributed by atoms with van der Waals surface area (Å²) in [6.45, 7) is 0. The first kappa shape index (κ1) is 9.41. The van der Waals surface area contributed by atoms with Gasteiger partial charge < -0.3 is 0 Å². The van der Waals surface area contributed by atoms with Gasteiger partial charge in [-0.25, -0.2) is 4.98 Å². The maximum Gasteiger partial charge on any atom is 0.301 e. The largest absolute Gasteiger partial charge is 0.301 e. The van der Waals surface area contributed by atoms with Crippen LogP contribution < -0.4 is 0 Å². The summed E-state index contributed by atoms with van der Waals surface area (Å²) in [4.78, 5) is 13.7. The average molecular weight is 251 g/mol. The molecule has 0 atom stereocenters. The lowest BCUT2D eigenvalue weighted by Gasteiger charge is -1.96. The van der Waals surface area contributed by atoms with Gasteiger partial charge in [0.2, 0.25) is 0 Å². The molecule has 0 amide bonds. The summed E-state index contributed by atoms with van der Waals surface area (Å²) in [5.41, 5.74) is 0.554. The summed E-state index contributed by atoms with van der Waals surface area (Å²) in [7, 11) is 0. The number of nitro groups is 1. The molecule has 1 rings (SSSR count). The van der Waals surface area contributed by atoms with Crippen molar-refractivity contribution in [2.45, 2.75) is 5.88 Å². The van der Waals surface area contributed by atoms with Crippen molar-refractivity contribution >= 4 is 33.2 Å². The molecule has 0 aliphatic rings. The molecule has 0 bridgehead atoms. The van der Waals surface area contributed by atoms with Gasteiger partial charge in [0.15, 0.2) is 4.60 Å². The third-order valence-corrected chi connectivity index (χ3v) is 2.08. The van der Waals surface area contributed by atoms with Crippen molar-refractivity contribution in [2.24, 2.45) is 0 Å². The van der Waals surface area contributed by atoms with E-state index in [9.17, 15) is 10.1 Å². The summed E-state index contributed by atoms with van der Waals surface area (Å²) in [5.74, 6) is 0.247. The molecule has 0 radical (unpaired) electrons. The lowest BCUT2D eigenvalue weighted by Crippen LogP contribution is -1.93. The first-order valence-corrected chi connectivity index (χ1v) is 4.33. The highest BCUT2D eigenvalue weighted by Gasteiger charge is 2.12. The zero-order valence-corrected chi connectivity index (χ0v) is 8.17. The number of aromatic nitrogens is 1. The van der Waals surface area contributed by atoms with Crippen LogP contribution in [0.2, 0.25) is 0 Å². The van der Waals surface area contributed by atoms with Crippen molar-refractivity contribution < 1.29 is 4.92 Å². The van der Waals surface area contributed by atoms with Crippen LogP contribution in [-0.2, 0) is 5.88 Å². The van der Waals surface area contributed by atoms with E-state index in [1.54, 1.807) is 0 Å². The van der Waals surface area contributed by atoms with Crippen molar-refractivity contribution in [3.8, 4) is 0 Å². The van der Waals surface area contributed by atoms with Crippen LogP contribution in [0.25, 0.3) is 0 Å². The number of hydrogen-bond donors (Lipinski definition) is 0. The maximum atomic E-state index is 10.3. The van der Waals surface area contributed by atoms with Crippen LogP contribution in [0.4, 0.5) is 5.69 Å². The maximum absolute atomic E-state index is 10.3. The Balaban J connectivity index is 3.12. The highest BCUT2D eigenvalue weighted by Crippen LogP contribution is 2.22. The third-order valence-electron chi connectivity index (χ3n) is 1.22. The number of alkyl halides is 1. The molecular weight excluding hydrogens is 247 g/mol. The van der Waals surface area contributed by atoms with Gasteiger partial charge in [-0.15, -0.1) is 11.6 Å². The molecule has 4 nitrogen and oxygen atoms in total. The second kappa shape index (κ2) is 3.82. The van der Waals surface area contributed by atoms with E-state index >= 15 is 0 Å². The van der Waals surface area contributed by atoms with Crippen molar-refractivity contribution in [1.29, 1.82) is 0 Å². The minimum Gasteiger partial charge on any atom is -0.258 e. The Hall–Kier alpha value is -0.680. The standard InChI is InChI=1S/C6H4BrClN2O2/c7-6-5(10(11)12)2-1-4(3-8)9-6/h1-2H,3H2. The second-order valence-corrected chi connectivity index (χ2v) is 3.02. The Morgan fingerprint density at radius 3 is 2.75 bits per heavy atom. The average Bonchev–Trinajstić information content (AvgIpc) is 2.03. The summed E-state index contributed by atoms with van der Waals surface area (Å²) < 4.78 is 0.214. The molecule has 1 aromatic rings. The minimum absolute atomic E-state index is 0.0520. The molecular formula is C6H4BrClN2O2. The fourth-order valence-corrected chi connectivity index (χ4v) is 1.33. The lowest BCUT2D eigenvalue weighted by molar-refractivity contribution is -0.386. The Morgan fingerprint density at radius 2 is 2.33 bits per heavy atom. The van der Waals surface area contributed by atoms with E-state index in [2.05, 4.69) is 20.9 Å².